The molecule has 1 aromatic heterocycles. The number of nitrogens with two attached hydrogens (primary N) is 1. The smallest absolute Gasteiger partial charge is 0.239 e. The van der Waals surface area contributed by atoms with E-state index in [2.05, 4.69) is 20.5 Å². The van der Waals surface area contributed by atoms with E-state index in [9.17, 15) is 4.79 Å². The Kier molecular flexibility index (Phi) is 1.54. The number of rotatable bonds is 1. The molecule has 0 radical (unpaired) electrons. The van der Waals surface area contributed by atoms with Crippen LogP contribution in [0.2, 0.25) is 0 Å². The highest BCUT2D eigenvalue weighted by molar-refractivity contribution is 5.86. The van der Waals surface area contributed by atoms with E-state index < -0.39 is 0 Å². The van der Waals surface area contributed by atoms with E-state index in [0.717, 1.165) is 0 Å². The highest BCUT2D eigenvalue weighted by Crippen LogP contribution is 2.15. The van der Waals surface area contributed by atoms with E-state index >= 15 is 0 Å². The highest BCUT2D eigenvalue weighted by Gasteiger charge is 2.27. The van der Waals surface area contributed by atoms with Gasteiger partial charge >= 0.3 is 0 Å². The third-order valence-corrected chi connectivity index (χ3v) is 1.84. The van der Waals surface area contributed by atoms with Crippen molar-refractivity contribution in [2.45, 2.75) is 12.5 Å². The first kappa shape index (κ1) is 7.23. The van der Waals surface area contributed by atoms with E-state index in [-0.39, 0.29) is 17.8 Å². The summed E-state index contributed by atoms with van der Waals surface area (Å²) in [5, 5.41) is 9.25. The first-order valence-corrected chi connectivity index (χ1v) is 3.71. The Hall–Kier alpha value is -1.43. The Morgan fingerprint density at radius 2 is 2.42 bits per heavy atom. The average molecular weight is 167 g/mol. The van der Waals surface area contributed by atoms with Crippen molar-refractivity contribution >= 4 is 11.7 Å². The summed E-state index contributed by atoms with van der Waals surface area (Å²) >= 11 is 0. The van der Waals surface area contributed by atoms with Crippen LogP contribution < -0.4 is 11.1 Å². The summed E-state index contributed by atoms with van der Waals surface area (Å²) in [6.45, 7) is 0.699. The van der Waals surface area contributed by atoms with Gasteiger partial charge in [-0.25, -0.2) is 0 Å². The molecule has 0 bridgehead atoms. The van der Waals surface area contributed by atoms with Gasteiger partial charge in [-0.2, -0.15) is 4.98 Å². The van der Waals surface area contributed by atoms with Crippen molar-refractivity contribution in [2.24, 2.45) is 0 Å². The third-order valence-electron chi connectivity index (χ3n) is 1.84. The molecule has 1 aromatic rings. The largest absolute Gasteiger partial charge is 0.367 e. The lowest BCUT2D eigenvalue weighted by atomic mass is 10.2. The van der Waals surface area contributed by atoms with E-state index in [1.165, 1.54) is 0 Å². The molecule has 1 aliphatic rings. The summed E-state index contributed by atoms with van der Waals surface area (Å²) in [6, 6.07) is -0.338. The van der Waals surface area contributed by atoms with Gasteiger partial charge in [0.05, 0.1) is 0 Å². The summed E-state index contributed by atoms with van der Waals surface area (Å²) in [7, 11) is 0. The molecule has 1 fully saturated rings. The number of hydrogen-bond donors (Lipinski definition) is 3. The topological polar surface area (TPSA) is 96.7 Å². The van der Waals surface area contributed by atoms with Crippen LogP contribution in [0.1, 0.15) is 18.3 Å². The summed E-state index contributed by atoms with van der Waals surface area (Å²) < 4.78 is 0. The predicted molar refractivity (Wildman–Crippen MR) is 41.2 cm³/mol. The van der Waals surface area contributed by atoms with Crippen molar-refractivity contribution in [1.82, 2.24) is 20.5 Å². The van der Waals surface area contributed by atoms with Crippen molar-refractivity contribution in [3.63, 3.8) is 0 Å². The minimum atomic E-state index is -0.338. The van der Waals surface area contributed by atoms with Crippen LogP contribution >= 0.6 is 0 Å². The molecule has 6 heteroatoms. The van der Waals surface area contributed by atoms with Gasteiger partial charge in [0, 0.05) is 13.0 Å². The second kappa shape index (κ2) is 2.56. The Bertz CT molecular complexity index is 307. The van der Waals surface area contributed by atoms with E-state index in [1.54, 1.807) is 0 Å². The number of nitrogens with zero attached hydrogens (tertiary/aromatic N) is 2. The Morgan fingerprint density at radius 3 is 2.92 bits per heavy atom. The fourth-order valence-electron chi connectivity index (χ4n) is 1.26. The quantitative estimate of drug-likeness (QED) is 0.498. The number of carbonyl (C=O) groups excluding carboxylic acids is 1. The van der Waals surface area contributed by atoms with Gasteiger partial charge in [0.1, 0.15) is 6.04 Å². The van der Waals surface area contributed by atoms with Crippen LogP contribution in [0.15, 0.2) is 0 Å². The third kappa shape index (κ3) is 1.06. The van der Waals surface area contributed by atoms with Gasteiger partial charge in [0.25, 0.3) is 0 Å². The van der Waals surface area contributed by atoms with Crippen LogP contribution in [0.4, 0.5) is 5.95 Å². The van der Waals surface area contributed by atoms with Crippen molar-refractivity contribution < 1.29 is 4.79 Å². The fraction of sp³-hybridized carbons (Fsp3) is 0.500. The first-order chi connectivity index (χ1) is 5.77. The van der Waals surface area contributed by atoms with E-state index in [1.807, 2.05) is 0 Å². The molecule has 12 heavy (non-hydrogen) atoms. The summed E-state index contributed by atoms with van der Waals surface area (Å²) in [5.74, 6) is 0.813. The van der Waals surface area contributed by atoms with E-state index in [0.29, 0.717) is 18.8 Å². The van der Waals surface area contributed by atoms with Crippen LogP contribution in [0.25, 0.3) is 0 Å². The SMILES string of the molecule is Nc1n[nH]c(C2NCCC2=O)n1. The zero-order valence-corrected chi connectivity index (χ0v) is 6.37. The lowest BCUT2D eigenvalue weighted by Crippen LogP contribution is -2.19. The molecule has 0 aromatic carbocycles. The molecule has 4 N–H and O–H groups in total. The molecule has 2 heterocycles. The van der Waals surface area contributed by atoms with Gasteiger partial charge in [0.15, 0.2) is 11.6 Å². The molecule has 2 rings (SSSR count). The van der Waals surface area contributed by atoms with Gasteiger partial charge in [-0.05, 0) is 0 Å². The van der Waals surface area contributed by atoms with Crippen LogP contribution in [0.3, 0.4) is 0 Å². The van der Waals surface area contributed by atoms with Crippen molar-refractivity contribution in [2.75, 3.05) is 12.3 Å². The van der Waals surface area contributed by atoms with Gasteiger partial charge in [-0.3, -0.25) is 9.89 Å². The lowest BCUT2D eigenvalue weighted by Gasteiger charge is -2.01. The Morgan fingerprint density at radius 1 is 1.58 bits per heavy atom. The molecule has 1 saturated heterocycles. The molecule has 64 valence electrons. The van der Waals surface area contributed by atoms with Crippen molar-refractivity contribution in [3.05, 3.63) is 5.82 Å². The molecule has 0 amide bonds. The standard InChI is InChI=1S/C6H9N5O/c7-6-9-5(10-11-6)4-3(12)1-2-8-4/h4,8H,1-2H2,(H3,7,9,10,11). The van der Waals surface area contributed by atoms with Crippen LogP contribution in [-0.2, 0) is 4.79 Å². The fourth-order valence-corrected chi connectivity index (χ4v) is 1.26. The number of nitrogen functional groups attached to an aromatic ring is 1. The zero-order chi connectivity index (χ0) is 8.55. The monoisotopic (exact) mass is 167 g/mol. The number of hydrogen-bond acceptors (Lipinski definition) is 5. The van der Waals surface area contributed by atoms with Gasteiger partial charge < -0.3 is 11.1 Å². The number of nitrogens with one attached hydrogen (secondary N) is 2. The minimum absolute atomic E-state index is 0.131. The summed E-state index contributed by atoms with van der Waals surface area (Å²) in [5.41, 5.74) is 5.30. The number of anilines is 1. The Balaban J connectivity index is 2.24. The number of carbonyl (C=O) groups is 1. The molecular formula is C6H9N5O. The molecule has 6 nitrogen and oxygen atoms in total. The second-order valence-corrected chi connectivity index (χ2v) is 2.68. The first-order valence-electron chi connectivity index (χ1n) is 3.71. The van der Waals surface area contributed by atoms with Crippen LogP contribution in [0, 0.1) is 0 Å². The van der Waals surface area contributed by atoms with Gasteiger partial charge in [-0.15, -0.1) is 5.10 Å². The van der Waals surface area contributed by atoms with Crippen molar-refractivity contribution in [1.29, 1.82) is 0 Å². The van der Waals surface area contributed by atoms with E-state index in [4.69, 9.17) is 5.73 Å². The molecule has 1 unspecified atom stereocenters. The van der Waals surface area contributed by atoms with Crippen LogP contribution in [0.5, 0.6) is 0 Å². The zero-order valence-electron chi connectivity index (χ0n) is 6.37. The van der Waals surface area contributed by atoms with Crippen LogP contribution in [-0.4, -0.2) is 27.5 Å². The molecule has 0 saturated carbocycles. The normalized spacial score (nSPS) is 23.3. The van der Waals surface area contributed by atoms with Crippen molar-refractivity contribution in [3.8, 4) is 0 Å². The van der Waals surface area contributed by atoms with Gasteiger partial charge in [0.2, 0.25) is 5.95 Å². The maximum atomic E-state index is 11.2. The maximum Gasteiger partial charge on any atom is 0.239 e. The number of Topliss-reactive ketones (excluding diaryl/α,β-unsaturated/α-hetero) is 1. The van der Waals surface area contributed by atoms with Gasteiger partial charge in [-0.1, -0.05) is 0 Å². The molecule has 1 aliphatic heterocycles. The summed E-state index contributed by atoms with van der Waals surface area (Å²) in [6.07, 6.45) is 0.547. The number of aromatic nitrogens is 3. The lowest BCUT2D eigenvalue weighted by molar-refractivity contribution is -0.118. The predicted octanol–water partition coefficient (Wildman–Crippen LogP) is -1.01. The molecule has 1 atom stereocenters. The summed E-state index contributed by atoms with van der Waals surface area (Å²) in [4.78, 5) is 15.1. The average Bonchev–Trinajstić information content (AvgIpc) is 2.58. The molecular weight excluding hydrogens is 158 g/mol. The highest BCUT2D eigenvalue weighted by atomic mass is 16.1. The molecule has 0 aliphatic carbocycles. The number of aromatic amines is 1. The Labute approximate surface area is 68.6 Å². The second-order valence-electron chi connectivity index (χ2n) is 2.68. The number of ketones is 1. The minimum Gasteiger partial charge on any atom is -0.367 e. The maximum absolute atomic E-state index is 11.2. The number of H-pyrrole nitrogens is 1. The molecule has 0 spiro atoms.